The summed E-state index contributed by atoms with van der Waals surface area (Å²) < 4.78 is 28.4. The van der Waals surface area contributed by atoms with Gasteiger partial charge in [0.05, 0.1) is 20.1 Å². The second-order valence-corrected chi connectivity index (χ2v) is 11.2. The molecule has 2 heterocycles. The lowest BCUT2D eigenvalue weighted by Gasteiger charge is -2.30. The lowest BCUT2D eigenvalue weighted by atomic mass is 10.0. The molecule has 1 N–H and O–H groups in total. The highest BCUT2D eigenvalue weighted by molar-refractivity contribution is 7.89. The van der Waals surface area contributed by atoms with Crippen molar-refractivity contribution in [3.8, 4) is 0 Å². The molecule has 0 spiro atoms. The van der Waals surface area contributed by atoms with Gasteiger partial charge in [-0.3, -0.25) is 4.79 Å². The van der Waals surface area contributed by atoms with Crippen molar-refractivity contribution in [3.63, 3.8) is 0 Å². The smallest absolute Gasteiger partial charge is 0.243 e. The quantitative estimate of drug-likeness (QED) is 0.559. The molecule has 164 valence electrons. The Hall–Kier alpha value is -2.29. The second kappa shape index (κ2) is 9.46. The van der Waals surface area contributed by atoms with Gasteiger partial charge in [0, 0.05) is 25.2 Å². The van der Waals surface area contributed by atoms with E-state index in [1.807, 2.05) is 18.2 Å². The van der Waals surface area contributed by atoms with E-state index in [1.54, 1.807) is 39.9 Å². The number of sulfonamides is 1. The highest BCUT2D eigenvalue weighted by Gasteiger charge is 2.28. The van der Waals surface area contributed by atoms with Gasteiger partial charge in [-0.2, -0.15) is 4.31 Å². The van der Waals surface area contributed by atoms with Gasteiger partial charge in [0.1, 0.15) is 0 Å². The number of hydrogen-bond acceptors (Lipinski definition) is 5. The topological polar surface area (TPSA) is 79.4 Å². The molecule has 1 atom stereocenters. The second-order valence-electron chi connectivity index (χ2n) is 8.11. The standard InChI is InChI=1S/C23H27N3O3S2/c1-17-6-5-15-26(16-17)31(28,29)19-13-11-18(12-14-19)24-22(27)9-4-10-23-25-20-7-2-3-8-21(20)30-23/h2-3,7-8,11-14,17H,4-6,9-10,15-16H2,1H3,(H,24,27). The fourth-order valence-electron chi connectivity index (χ4n) is 3.87. The van der Waals surface area contributed by atoms with Crippen LogP contribution in [0.5, 0.6) is 0 Å². The maximum absolute atomic E-state index is 12.8. The number of rotatable bonds is 7. The number of hydrogen-bond donors (Lipinski definition) is 1. The van der Waals surface area contributed by atoms with Gasteiger partial charge in [-0.15, -0.1) is 11.3 Å². The molecule has 31 heavy (non-hydrogen) atoms. The number of aryl methyl sites for hydroxylation is 1. The maximum atomic E-state index is 12.8. The summed E-state index contributed by atoms with van der Waals surface area (Å²) in [4.78, 5) is 17.2. The molecular formula is C23H27N3O3S2. The van der Waals surface area contributed by atoms with Crippen LogP contribution in [0.4, 0.5) is 5.69 Å². The Balaban J connectivity index is 1.29. The molecule has 1 fully saturated rings. The molecule has 1 unspecified atom stereocenters. The summed E-state index contributed by atoms with van der Waals surface area (Å²) in [6, 6.07) is 14.5. The molecule has 0 saturated carbocycles. The van der Waals surface area contributed by atoms with Crippen LogP contribution in [0.2, 0.25) is 0 Å². The van der Waals surface area contributed by atoms with Gasteiger partial charge in [0.25, 0.3) is 0 Å². The van der Waals surface area contributed by atoms with Crippen molar-refractivity contribution in [2.45, 2.75) is 43.9 Å². The van der Waals surface area contributed by atoms with Crippen LogP contribution in [-0.4, -0.2) is 36.7 Å². The molecule has 1 aromatic heterocycles. The number of anilines is 1. The number of para-hydroxylation sites is 1. The third kappa shape index (κ3) is 5.31. The minimum atomic E-state index is -3.48. The molecule has 0 bridgehead atoms. The first-order chi connectivity index (χ1) is 14.9. The summed E-state index contributed by atoms with van der Waals surface area (Å²) in [7, 11) is -3.48. The summed E-state index contributed by atoms with van der Waals surface area (Å²) in [5, 5.41) is 3.89. The molecular weight excluding hydrogens is 430 g/mol. The zero-order chi connectivity index (χ0) is 21.8. The summed E-state index contributed by atoms with van der Waals surface area (Å²) in [6.45, 7) is 3.21. The van der Waals surface area contributed by atoms with Crippen LogP contribution in [-0.2, 0) is 21.2 Å². The monoisotopic (exact) mass is 457 g/mol. The van der Waals surface area contributed by atoms with E-state index in [-0.39, 0.29) is 10.8 Å². The first kappa shape index (κ1) is 21.9. The predicted octanol–water partition coefficient (Wildman–Crippen LogP) is 4.68. The van der Waals surface area contributed by atoms with Gasteiger partial charge >= 0.3 is 0 Å². The van der Waals surface area contributed by atoms with E-state index in [1.165, 1.54) is 0 Å². The Bertz CT molecular complexity index is 1120. The van der Waals surface area contributed by atoms with Crippen LogP contribution < -0.4 is 5.32 Å². The Kier molecular flexibility index (Phi) is 6.69. The fourth-order valence-corrected chi connectivity index (χ4v) is 6.48. The number of carbonyl (C=O) groups excluding carboxylic acids is 1. The van der Waals surface area contributed by atoms with Gasteiger partial charge in [-0.05, 0) is 68.0 Å². The number of amides is 1. The number of fused-ring (bicyclic) bond motifs is 1. The van der Waals surface area contributed by atoms with Crippen molar-refractivity contribution in [1.82, 2.24) is 9.29 Å². The Morgan fingerprint density at radius 3 is 2.71 bits per heavy atom. The molecule has 2 aromatic carbocycles. The van der Waals surface area contributed by atoms with Crippen LogP contribution in [0.1, 0.15) is 37.6 Å². The van der Waals surface area contributed by atoms with Crippen LogP contribution in [0.15, 0.2) is 53.4 Å². The molecule has 6 nitrogen and oxygen atoms in total. The van der Waals surface area contributed by atoms with Crippen LogP contribution in [0.3, 0.4) is 0 Å². The molecule has 1 aliphatic rings. The van der Waals surface area contributed by atoms with Gasteiger partial charge in [-0.1, -0.05) is 19.1 Å². The van der Waals surface area contributed by atoms with E-state index in [0.717, 1.165) is 34.5 Å². The van der Waals surface area contributed by atoms with Crippen molar-refractivity contribution < 1.29 is 13.2 Å². The molecule has 1 saturated heterocycles. The highest BCUT2D eigenvalue weighted by Crippen LogP contribution is 2.25. The first-order valence-corrected chi connectivity index (χ1v) is 12.9. The minimum Gasteiger partial charge on any atom is -0.326 e. The van der Waals surface area contributed by atoms with E-state index in [9.17, 15) is 13.2 Å². The summed E-state index contributed by atoms with van der Waals surface area (Å²) >= 11 is 1.66. The predicted molar refractivity (Wildman–Crippen MR) is 125 cm³/mol. The Labute approximate surface area is 187 Å². The van der Waals surface area contributed by atoms with Crippen molar-refractivity contribution in [2.24, 2.45) is 5.92 Å². The summed E-state index contributed by atoms with van der Waals surface area (Å²) in [5.74, 6) is 0.298. The van der Waals surface area contributed by atoms with Crippen molar-refractivity contribution in [2.75, 3.05) is 18.4 Å². The number of carbonyl (C=O) groups is 1. The van der Waals surface area contributed by atoms with E-state index in [2.05, 4.69) is 23.3 Å². The lowest BCUT2D eigenvalue weighted by Crippen LogP contribution is -2.39. The number of thiazole rings is 1. The molecule has 1 amide bonds. The Morgan fingerprint density at radius 2 is 1.97 bits per heavy atom. The zero-order valence-corrected chi connectivity index (χ0v) is 19.2. The average molecular weight is 458 g/mol. The van der Waals surface area contributed by atoms with E-state index < -0.39 is 10.0 Å². The van der Waals surface area contributed by atoms with E-state index >= 15 is 0 Å². The Morgan fingerprint density at radius 1 is 1.19 bits per heavy atom. The SMILES string of the molecule is CC1CCCN(S(=O)(=O)c2ccc(NC(=O)CCCc3nc4ccccc4s3)cc2)C1. The maximum Gasteiger partial charge on any atom is 0.243 e. The molecule has 0 radical (unpaired) electrons. The normalized spacial score (nSPS) is 17.6. The number of nitrogens with one attached hydrogen (secondary N) is 1. The zero-order valence-electron chi connectivity index (χ0n) is 17.6. The number of nitrogens with zero attached hydrogens (tertiary/aromatic N) is 2. The fraction of sp³-hybridized carbons (Fsp3) is 0.391. The minimum absolute atomic E-state index is 0.0819. The van der Waals surface area contributed by atoms with Crippen molar-refractivity contribution in [1.29, 1.82) is 0 Å². The third-order valence-corrected chi connectivity index (χ3v) is 8.50. The number of benzene rings is 2. The largest absolute Gasteiger partial charge is 0.326 e. The average Bonchev–Trinajstić information content (AvgIpc) is 3.17. The van der Waals surface area contributed by atoms with Crippen LogP contribution in [0, 0.1) is 5.92 Å². The number of piperidine rings is 1. The van der Waals surface area contributed by atoms with Crippen LogP contribution in [0.25, 0.3) is 10.2 Å². The summed E-state index contributed by atoms with van der Waals surface area (Å²) in [5.41, 5.74) is 1.61. The summed E-state index contributed by atoms with van der Waals surface area (Å²) in [6.07, 6.45) is 3.83. The van der Waals surface area contributed by atoms with E-state index in [4.69, 9.17) is 0 Å². The molecule has 8 heteroatoms. The first-order valence-electron chi connectivity index (χ1n) is 10.7. The van der Waals surface area contributed by atoms with Crippen molar-refractivity contribution >= 4 is 43.2 Å². The number of aromatic nitrogens is 1. The van der Waals surface area contributed by atoms with Crippen molar-refractivity contribution in [3.05, 3.63) is 53.5 Å². The highest BCUT2D eigenvalue weighted by atomic mass is 32.2. The molecule has 4 rings (SSSR count). The van der Waals surface area contributed by atoms with Gasteiger partial charge in [0.2, 0.25) is 15.9 Å². The van der Waals surface area contributed by atoms with Gasteiger partial charge < -0.3 is 5.32 Å². The lowest BCUT2D eigenvalue weighted by molar-refractivity contribution is -0.116. The van der Waals surface area contributed by atoms with Gasteiger partial charge in [0.15, 0.2) is 0 Å². The van der Waals surface area contributed by atoms with Gasteiger partial charge in [-0.25, -0.2) is 13.4 Å². The molecule has 0 aliphatic carbocycles. The molecule has 1 aliphatic heterocycles. The van der Waals surface area contributed by atoms with E-state index in [0.29, 0.717) is 37.5 Å². The third-order valence-electron chi connectivity index (χ3n) is 5.53. The van der Waals surface area contributed by atoms with Crippen LogP contribution >= 0.6 is 11.3 Å². The molecule has 3 aromatic rings.